The third-order valence-corrected chi connectivity index (χ3v) is 3.83. The van der Waals surface area contributed by atoms with Crippen LogP contribution < -0.4 is 15.4 Å². The first-order valence-corrected chi connectivity index (χ1v) is 9.09. The summed E-state index contributed by atoms with van der Waals surface area (Å²) in [7, 11) is 3.45. The first-order valence-electron chi connectivity index (χ1n) is 9.09. The molecular formula is C21H28N4O2. The number of hydrogen-bond acceptors (Lipinski definition) is 3. The van der Waals surface area contributed by atoms with Gasteiger partial charge in [-0.1, -0.05) is 48.5 Å². The molecule has 0 aliphatic heterocycles. The van der Waals surface area contributed by atoms with Crippen LogP contribution in [0.15, 0.2) is 65.7 Å². The van der Waals surface area contributed by atoms with Crippen molar-refractivity contribution < 1.29 is 9.53 Å². The number of hydrogen-bond donors (Lipinski definition) is 2. The summed E-state index contributed by atoms with van der Waals surface area (Å²) in [6, 6.07) is 19.9. The van der Waals surface area contributed by atoms with E-state index in [1.807, 2.05) is 48.5 Å². The number of carbonyl (C=O) groups is 1. The van der Waals surface area contributed by atoms with Gasteiger partial charge in [0.2, 0.25) is 5.91 Å². The van der Waals surface area contributed by atoms with Gasteiger partial charge < -0.3 is 20.3 Å². The molecule has 2 aromatic carbocycles. The Morgan fingerprint density at radius 3 is 2.26 bits per heavy atom. The minimum absolute atomic E-state index is 0.0419. The zero-order valence-electron chi connectivity index (χ0n) is 16.0. The second-order valence-electron chi connectivity index (χ2n) is 6.20. The third kappa shape index (κ3) is 8.27. The molecule has 2 rings (SSSR count). The standard InChI is InChI=1S/C21H28N4O2/c1-25(2)20(26)17-24-21(22-14-13-18-9-5-3-6-10-18)23-15-16-27-19-11-7-4-8-12-19/h3-12H,13-17H2,1-2H3,(H2,22,23,24). The van der Waals surface area contributed by atoms with Crippen LogP contribution in [0.3, 0.4) is 0 Å². The number of nitrogens with zero attached hydrogens (tertiary/aromatic N) is 2. The molecule has 0 saturated heterocycles. The highest BCUT2D eigenvalue weighted by atomic mass is 16.5. The number of ether oxygens (including phenoxy) is 1. The predicted octanol–water partition coefficient (Wildman–Crippen LogP) is 1.93. The van der Waals surface area contributed by atoms with E-state index in [2.05, 4.69) is 27.8 Å². The van der Waals surface area contributed by atoms with Crippen molar-refractivity contribution in [3.8, 4) is 5.75 Å². The third-order valence-electron chi connectivity index (χ3n) is 3.83. The van der Waals surface area contributed by atoms with Gasteiger partial charge in [-0.15, -0.1) is 0 Å². The van der Waals surface area contributed by atoms with Crippen LogP contribution in [0.4, 0.5) is 0 Å². The number of guanidine groups is 1. The van der Waals surface area contributed by atoms with Gasteiger partial charge in [-0.3, -0.25) is 4.79 Å². The van der Waals surface area contributed by atoms with E-state index in [-0.39, 0.29) is 12.5 Å². The van der Waals surface area contributed by atoms with Crippen LogP contribution in [0.5, 0.6) is 5.75 Å². The lowest BCUT2D eigenvalue weighted by Crippen LogP contribution is -2.41. The Hall–Kier alpha value is -3.02. The van der Waals surface area contributed by atoms with Gasteiger partial charge in [-0.25, -0.2) is 4.99 Å². The maximum absolute atomic E-state index is 11.8. The topological polar surface area (TPSA) is 66.0 Å². The fourth-order valence-corrected chi connectivity index (χ4v) is 2.29. The molecule has 0 aliphatic carbocycles. The summed E-state index contributed by atoms with van der Waals surface area (Å²) >= 11 is 0. The Labute approximate surface area is 161 Å². The van der Waals surface area contributed by atoms with Crippen molar-refractivity contribution in [1.82, 2.24) is 15.5 Å². The first kappa shape index (κ1) is 20.3. The van der Waals surface area contributed by atoms with E-state index in [0.717, 1.165) is 18.7 Å². The van der Waals surface area contributed by atoms with E-state index in [1.165, 1.54) is 10.5 Å². The second-order valence-corrected chi connectivity index (χ2v) is 6.20. The highest BCUT2D eigenvalue weighted by molar-refractivity contribution is 5.84. The summed E-state index contributed by atoms with van der Waals surface area (Å²) < 4.78 is 5.67. The second kappa shape index (κ2) is 11.6. The van der Waals surface area contributed by atoms with Gasteiger partial charge in [-0.2, -0.15) is 0 Å². The summed E-state index contributed by atoms with van der Waals surface area (Å²) in [5.41, 5.74) is 1.25. The Morgan fingerprint density at radius 2 is 1.59 bits per heavy atom. The van der Waals surface area contributed by atoms with E-state index >= 15 is 0 Å². The summed E-state index contributed by atoms with van der Waals surface area (Å²) in [4.78, 5) is 17.7. The summed E-state index contributed by atoms with van der Waals surface area (Å²) in [5, 5.41) is 6.49. The Morgan fingerprint density at radius 1 is 0.963 bits per heavy atom. The lowest BCUT2D eigenvalue weighted by Gasteiger charge is -2.14. The number of benzene rings is 2. The molecule has 0 heterocycles. The molecule has 2 N–H and O–H groups in total. The Kier molecular flexibility index (Phi) is 8.69. The van der Waals surface area contributed by atoms with Crippen molar-refractivity contribution in [2.24, 2.45) is 4.99 Å². The smallest absolute Gasteiger partial charge is 0.243 e. The molecule has 0 aromatic heterocycles. The number of likely N-dealkylation sites (N-methyl/N-ethyl adjacent to an activating group) is 1. The van der Waals surface area contributed by atoms with Gasteiger partial charge in [-0.05, 0) is 24.1 Å². The molecular weight excluding hydrogens is 340 g/mol. The van der Waals surface area contributed by atoms with Crippen molar-refractivity contribution in [3.05, 3.63) is 66.2 Å². The van der Waals surface area contributed by atoms with Crippen LogP contribution in [-0.2, 0) is 11.2 Å². The normalized spacial score (nSPS) is 11.0. The number of carbonyl (C=O) groups excluding carboxylic acids is 1. The van der Waals surface area contributed by atoms with Gasteiger partial charge in [0.25, 0.3) is 0 Å². The van der Waals surface area contributed by atoms with E-state index in [4.69, 9.17) is 4.74 Å². The summed E-state index contributed by atoms with van der Waals surface area (Å²) in [5.74, 6) is 1.40. The number of aliphatic imine (C=N–C) groups is 1. The molecule has 0 fully saturated rings. The monoisotopic (exact) mass is 368 g/mol. The molecule has 0 bridgehead atoms. The van der Waals surface area contributed by atoms with Crippen LogP contribution >= 0.6 is 0 Å². The van der Waals surface area contributed by atoms with Crippen molar-refractivity contribution in [2.45, 2.75) is 6.42 Å². The van der Waals surface area contributed by atoms with Crippen molar-refractivity contribution >= 4 is 11.9 Å². The molecule has 6 heteroatoms. The van der Waals surface area contributed by atoms with E-state index in [0.29, 0.717) is 19.1 Å². The van der Waals surface area contributed by atoms with Crippen LogP contribution in [0, 0.1) is 0 Å². The first-order chi connectivity index (χ1) is 13.1. The van der Waals surface area contributed by atoms with Gasteiger partial charge in [0, 0.05) is 20.6 Å². The van der Waals surface area contributed by atoms with E-state index in [9.17, 15) is 4.79 Å². The number of nitrogens with one attached hydrogen (secondary N) is 2. The molecule has 2 aromatic rings. The average Bonchev–Trinajstić information content (AvgIpc) is 2.70. The highest BCUT2D eigenvalue weighted by Crippen LogP contribution is 2.07. The Bertz CT molecular complexity index is 703. The molecule has 0 aliphatic rings. The molecule has 0 atom stereocenters. The highest BCUT2D eigenvalue weighted by Gasteiger charge is 2.04. The van der Waals surface area contributed by atoms with E-state index < -0.39 is 0 Å². The number of amides is 1. The van der Waals surface area contributed by atoms with Crippen LogP contribution in [0.2, 0.25) is 0 Å². The minimum atomic E-state index is -0.0419. The molecule has 0 radical (unpaired) electrons. The average molecular weight is 368 g/mol. The minimum Gasteiger partial charge on any atom is -0.492 e. The molecule has 1 amide bonds. The predicted molar refractivity (Wildman–Crippen MR) is 109 cm³/mol. The number of rotatable bonds is 9. The molecule has 0 saturated carbocycles. The fourth-order valence-electron chi connectivity index (χ4n) is 2.29. The molecule has 0 unspecified atom stereocenters. The largest absolute Gasteiger partial charge is 0.492 e. The quantitative estimate of drug-likeness (QED) is 0.403. The van der Waals surface area contributed by atoms with Crippen LogP contribution in [0.1, 0.15) is 5.56 Å². The lowest BCUT2D eigenvalue weighted by molar-refractivity contribution is -0.127. The van der Waals surface area contributed by atoms with Crippen molar-refractivity contribution in [2.75, 3.05) is 40.3 Å². The molecule has 27 heavy (non-hydrogen) atoms. The van der Waals surface area contributed by atoms with Crippen molar-refractivity contribution in [1.29, 1.82) is 0 Å². The van der Waals surface area contributed by atoms with Gasteiger partial charge >= 0.3 is 0 Å². The van der Waals surface area contributed by atoms with Gasteiger partial charge in [0.05, 0.1) is 6.54 Å². The van der Waals surface area contributed by atoms with Gasteiger partial charge in [0.1, 0.15) is 18.9 Å². The van der Waals surface area contributed by atoms with E-state index in [1.54, 1.807) is 14.1 Å². The van der Waals surface area contributed by atoms with Crippen LogP contribution in [-0.4, -0.2) is 57.1 Å². The summed E-state index contributed by atoms with van der Waals surface area (Å²) in [6.45, 7) is 1.92. The maximum Gasteiger partial charge on any atom is 0.243 e. The molecule has 144 valence electrons. The van der Waals surface area contributed by atoms with Crippen molar-refractivity contribution in [3.63, 3.8) is 0 Å². The molecule has 6 nitrogen and oxygen atoms in total. The number of para-hydroxylation sites is 1. The Balaban J connectivity index is 1.80. The fraction of sp³-hybridized carbons (Fsp3) is 0.333. The zero-order chi connectivity index (χ0) is 19.3. The zero-order valence-corrected chi connectivity index (χ0v) is 16.0. The van der Waals surface area contributed by atoms with Gasteiger partial charge in [0.15, 0.2) is 5.96 Å². The lowest BCUT2D eigenvalue weighted by atomic mass is 10.1. The summed E-state index contributed by atoms with van der Waals surface area (Å²) in [6.07, 6.45) is 0.879. The SMILES string of the molecule is CN(C)C(=O)CN=C(NCCOc1ccccc1)NCCc1ccccc1. The molecule has 0 spiro atoms. The van der Waals surface area contributed by atoms with Crippen LogP contribution in [0.25, 0.3) is 0 Å². The maximum atomic E-state index is 11.8.